The van der Waals surface area contributed by atoms with Crippen molar-refractivity contribution < 1.29 is 0 Å². The van der Waals surface area contributed by atoms with Crippen LogP contribution < -0.4 is 20.7 Å². The van der Waals surface area contributed by atoms with Crippen molar-refractivity contribution in [1.29, 1.82) is 0 Å². The summed E-state index contributed by atoms with van der Waals surface area (Å²) in [5.41, 5.74) is 18.7. The number of aryl methyl sites for hydroxylation is 1. The molecule has 0 spiro atoms. The van der Waals surface area contributed by atoms with Crippen molar-refractivity contribution in [2.75, 3.05) is 9.80 Å². The normalized spacial score (nSPS) is 12.7. The van der Waals surface area contributed by atoms with Gasteiger partial charge in [0, 0.05) is 76.5 Å². The highest BCUT2D eigenvalue weighted by Crippen LogP contribution is 2.53. The Morgan fingerprint density at radius 2 is 1.18 bits per heavy atom. The van der Waals surface area contributed by atoms with E-state index >= 15 is 0 Å². The summed E-state index contributed by atoms with van der Waals surface area (Å²) in [6, 6.07) is 79.6. The second-order valence-corrected chi connectivity index (χ2v) is 19.3. The summed E-state index contributed by atoms with van der Waals surface area (Å²) in [6.45, 7) is 2.15. The van der Waals surface area contributed by atoms with Crippen molar-refractivity contribution in [3.63, 3.8) is 0 Å². The molecule has 14 rings (SSSR count). The van der Waals surface area contributed by atoms with Crippen LogP contribution in [0.15, 0.2) is 212 Å². The number of unbranched alkanes of at least 4 members (excludes halogenated alkanes) is 1. The molecule has 0 saturated heterocycles. The average Bonchev–Trinajstić information content (AvgIpc) is 3.94. The summed E-state index contributed by atoms with van der Waals surface area (Å²) >= 11 is 1.94. The Bertz CT molecular complexity index is 3890. The molecule has 67 heavy (non-hydrogen) atoms. The summed E-state index contributed by atoms with van der Waals surface area (Å²) in [6.07, 6.45) is 3.37. The Morgan fingerprint density at radius 1 is 0.493 bits per heavy atom. The molecule has 0 N–H and O–H groups in total. The van der Waals surface area contributed by atoms with E-state index in [9.17, 15) is 0 Å². The van der Waals surface area contributed by atoms with Gasteiger partial charge in [-0.05, 0) is 113 Å². The Morgan fingerprint density at radius 3 is 1.97 bits per heavy atom. The van der Waals surface area contributed by atoms with Crippen LogP contribution in [0.5, 0.6) is 0 Å². The van der Waals surface area contributed by atoms with Crippen LogP contribution in [-0.4, -0.2) is 11.3 Å². The number of benzene rings is 10. The molecule has 10 aromatic carbocycles. The maximum Gasteiger partial charge on any atom is 0.333 e. The zero-order chi connectivity index (χ0) is 44.2. The quantitative estimate of drug-likeness (QED) is 0.141. The molecule has 2 aliphatic rings. The van der Waals surface area contributed by atoms with Gasteiger partial charge in [-0.1, -0.05) is 159 Å². The molecule has 0 unspecified atom stereocenters. The molecule has 0 fully saturated rings. The van der Waals surface area contributed by atoms with E-state index in [4.69, 9.17) is 0 Å². The zero-order valence-electron chi connectivity index (χ0n) is 37.2. The highest BCUT2D eigenvalue weighted by Gasteiger charge is 2.45. The van der Waals surface area contributed by atoms with Crippen LogP contribution in [-0.2, 0) is 6.42 Å². The van der Waals surface area contributed by atoms with E-state index in [0.717, 1.165) is 36.3 Å². The summed E-state index contributed by atoms with van der Waals surface area (Å²) in [5.74, 6) is 0. The molecule has 316 valence electrons. The lowest BCUT2D eigenvalue weighted by Gasteiger charge is -2.42. The summed E-state index contributed by atoms with van der Waals surface area (Å²) in [7, 11) is 0. The van der Waals surface area contributed by atoms with Crippen LogP contribution in [0.3, 0.4) is 0 Å². The molecule has 3 nitrogen and oxygen atoms in total. The van der Waals surface area contributed by atoms with Gasteiger partial charge < -0.3 is 14.3 Å². The van der Waals surface area contributed by atoms with Crippen molar-refractivity contribution in [3.05, 3.63) is 218 Å². The third-order valence-electron chi connectivity index (χ3n) is 14.5. The number of nitrogens with zero attached hydrogens (tertiary/aromatic N) is 3. The third-order valence-corrected chi connectivity index (χ3v) is 15.7. The Hall–Kier alpha value is -7.86. The van der Waals surface area contributed by atoms with Gasteiger partial charge >= 0.3 is 6.85 Å². The SMILES string of the molecule is CCCCc1ccc(N2c3ccc(N(c4ccccc4)c4ccccc4)cc3B3c4c(cc5c(sc6ccccc65)c42)-c2cccc4c5ccc6ccccc6c5n3c24)c(-c2ccccc2)c1. The first-order valence-corrected chi connectivity index (χ1v) is 24.5. The fourth-order valence-electron chi connectivity index (χ4n) is 11.6. The molecule has 0 atom stereocenters. The standard InChI is InChI=1S/C62H44BN3S/c1-2-3-18-40-31-35-55(51(37-40)41-19-7-4-8-20-41)65-56-36-33-45(64(43-22-9-5-10-23-43)44-24-11-6-12-25-44)38-54(56)63-58-52(39-53-47-27-15-16-30-57(47)67-62(53)61(58)65)49-29-17-28-48-50-34-32-42-21-13-14-26-46(42)59(50)66(63)60(48)49/h4-17,19-39H,2-3,18H2,1H3. The third kappa shape index (κ3) is 5.71. The molecule has 0 radical (unpaired) electrons. The van der Waals surface area contributed by atoms with Crippen molar-refractivity contribution in [3.8, 4) is 22.3 Å². The molecular weight excluding hydrogens is 830 g/mol. The van der Waals surface area contributed by atoms with E-state index in [1.807, 2.05) is 11.3 Å². The minimum Gasteiger partial charge on any atom is -0.375 e. The fraction of sp³-hybridized carbons (Fsp3) is 0.0645. The summed E-state index contributed by atoms with van der Waals surface area (Å²) in [4.78, 5) is 5.09. The summed E-state index contributed by atoms with van der Waals surface area (Å²) < 4.78 is 5.37. The number of rotatable bonds is 8. The molecule has 0 aliphatic carbocycles. The maximum atomic E-state index is 2.74. The second kappa shape index (κ2) is 15.1. The number of thiophene rings is 1. The zero-order valence-corrected chi connectivity index (χ0v) is 38.0. The maximum absolute atomic E-state index is 2.74. The molecule has 5 heteroatoms. The van der Waals surface area contributed by atoms with Gasteiger partial charge in [0.25, 0.3) is 0 Å². The number of fused-ring (bicyclic) bond motifs is 13. The van der Waals surface area contributed by atoms with E-state index in [1.165, 1.54) is 109 Å². The molecule has 0 amide bonds. The topological polar surface area (TPSA) is 11.4 Å². The van der Waals surface area contributed by atoms with E-state index in [0.29, 0.717) is 0 Å². The first-order chi connectivity index (χ1) is 33.2. The van der Waals surface area contributed by atoms with Crippen LogP contribution in [0.4, 0.5) is 34.1 Å². The molecule has 0 saturated carbocycles. The largest absolute Gasteiger partial charge is 0.375 e. The molecule has 2 aromatic heterocycles. The average molecular weight is 874 g/mol. The highest BCUT2D eigenvalue weighted by molar-refractivity contribution is 7.26. The van der Waals surface area contributed by atoms with Crippen LogP contribution in [0.25, 0.3) is 75.0 Å². The number of hydrogen-bond acceptors (Lipinski definition) is 3. The van der Waals surface area contributed by atoms with Crippen molar-refractivity contribution in [1.82, 2.24) is 4.48 Å². The lowest BCUT2D eigenvalue weighted by molar-refractivity contribution is 0.795. The lowest BCUT2D eigenvalue weighted by Crippen LogP contribution is -2.56. The van der Waals surface area contributed by atoms with E-state index in [-0.39, 0.29) is 6.85 Å². The Balaban J connectivity index is 1.17. The first kappa shape index (κ1) is 38.4. The summed E-state index contributed by atoms with van der Waals surface area (Å²) in [5, 5.41) is 7.74. The predicted octanol–water partition coefficient (Wildman–Crippen LogP) is 16.2. The van der Waals surface area contributed by atoms with Crippen molar-refractivity contribution in [2.24, 2.45) is 0 Å². The monoisotopic (exact) mass is 873 g/mol. The van der Waals surface area contributed by atoms with Crippen LogP contribution in [0.2, 0.25) is 0 Å². The molecule has 0 bridgehead atoms. The van der Waals surface area contributed by atoms with Gasteiger partial charge in [-0.25, -0.2) is 0 Å². The van der Waals surface area contributed by atoms with Crippen LogP contribution >= 0.6 is 11.3 Å². The van der Waals surface area contributed by atoms with Gasteiger partial charge in [0.2, 0.25) is 0 Å². The van der Waals surface area contributed by atoms with Crippen molar-refractivity contribution >= 4 is 116 Å². The van der Waals surface area contributed by atoms with Gasteiger partial charge in [0.15, 0.2) is 0 Å². The second-order valence-electron chi connectivity index (χ2n) is 18.2. The van der Waals surface area contributed by atoms with Crippen LogP contribution in [0, 0.1) is 0 Å². The van der Waals surface area contributed by atoms with Gasteiger partial charge in [-0.2, -0.15) is 0 Å². The lowest BCUT2D eigenvalue weighted by atomic mass is 9.45. The fourth-order valence-corrected chi connectivity index (χ4v) is 12.8. The Labute approximate surface area is 394 Å². The minimum atomic E-state index is -0.135. The van der Waals surface area contributed by atoms with Crippen LogP contribution in [0.1, 0.15) is 25.3 Å². The van der Waals surface area contributed by atoms with E-state index < -0.39 is 0 Å². The van der Waals surface area contributed by atoms with Gasteiger partial charge in [0.1, 0.15) is 0 Å². The van der Waals surface area contributed by atoms with Gasteiger partial charge in [0.05, 0.1) is 16.1 Å². The molecular formula is C62H44BN3S. The smallest absolute Gasteiger partial charge is 0.333 e. The highest BCUT2D eigenvalue weighted by atomic mass is 32.1. The van der Waals surface area contributed by atoms with Gasteiger partial charge in [-0.15, -0.1) is 11.3 Å². The molecule has 12 aromatic rings. The first-order valence-electron chi connectivity index (χ1n) is 23.7. The number of anilines is 6. The number of hydrogen-bond donors (Lipinski definition) is 0. The van der Waals surface area contributed by atoms with Gasteiger partial charge in [-0.3, -0.25) is 0 Å². The molecule has 4 heterocycles. The van der Waals surface area contributed by atoms with Crippen molar-refractivity contribution in [2.45, 2.75) is 26.2 Å². The molecule has 2 aliphatic heterocycles. The Kier molecular flexibility index (Phi) is 8.66. The number of aromatic nitrogens is 1. The van der Waals surface area contributed by atoms with E-state index in [1.54, 1.807) is 0 Å². The predicted molar refractivity (Wildman–Crippen MR) is 289 cm³/mol. The van der Waals surface area contributed by atoms with E-state index in [2.05, 4.69) is 234 Å². The minimum absolute atomic E-state index is 0.135. The number of para-hydroxylation sites is 3.